The molecule has 0 amide bonds. The van der Waals surface area contributed by atoms with Crippen LogP contribution in [0.3, 0.4) is 0 Å². The van der Waals surface area contributed by atoms with Crippen molar-refractivity contribution < 1.29 is 27.8 Å². The van der Waals surface area contributed by atoms with Gasteiger partial charge in [0.05, 0.1) is 12.7 Å². The number of phenols is 1. The summed E-state index contributed by atoms with van der Waals surface area (Å²) in [7, 11) is 1.35. The molecule has 0 spiro atoms. The van der Waals surface area contributed by atoms with Gasteiger partial charge in [-0.15, -0.1) is 0 Å². The lowest BCUT2D eigenvalue weighted by molar-refractivity contribution is -0.137. The van der Waals surface area contributed by atoms with Gasteiger partial charge in [0.15, 0.2) is 17.3 Å². The Balaban J connectivity index is 2.58. The molecule has 22 heavy (non-hydrogen) atoms. The van der Waals surface area contributed by atoms with E-state index in [1.807, 2.05) is 0 Å². The smallest absolute Gasteiger partial charge is 0.416 e. The van der Waals surface area contributed by atoms with Crippen molar-refractivity contribution in [2.75, 3.05) is 7.11 Å². The van der Waals surface area contributed by atoms with E-state index in [2.05, 4.69) is 0 Å². The van der Waals surface area contributed by atoms with Crippen LogP contribution >= 0.6 is 0 Å². The van der Waals surface area contributed by atoms with Gasteiger partial charge >= 0.3 is 6.18 Å². The molecule has 0 atom stereocenters. The number of halogens is 3. The monoisotopic (exact) mass is 310 g/mol. The van der Waals surface area contributed by atoms with Crippen LogP contribution in [0.4, 0.5) is 13.2 Å². The van der Waals surface area contributed by atoms with Crippen molar-refractivity contribution in [2.24, 2.45) is 0 Å². The average molecular weight is 310 g/mol. The molecular formula is C16H13F3O3. The first-order valence-corrected chi connectivity index (χ1v) is 6.33. The van der Waals surface area contributed by atoms with Gasteiger partial charge in [-0.05, 0) is 42.3 Å². The van der Waals surface area contributed by atoms with Crippen LogP contribution < -0.4 is 4.74 Å². The van der Waals surface area contributed by atoms with Gasteiger partial charge in [-0.1, -0.05) is 12.1 Å². The van der Waals surface area contributed by atoms with Crippen LogP contribution in [-0.2, 0) is 6.18 Å². The summed E-state index contributed by atoms with van der Waals surface area (Å²) in [6, 6.07) is 7.11. The van der Waals surface area contributed by atoms with E-state index in [1.165, 1.54) is 38.3 Å². The van der Waals surface area contributed by atoms with E-state index in [1.54, 1.807) is 0 Å². The average Bonchev–Trinajstić information content (AvgIpc) is 2.46. The molecule has 3 nitrogen and oxygen atoms in total. The molecule has 116 valence electrons. The number of phenolic OH excluding ortho intramolecular Hbond substituents is 1. The second-order valence-electron chi connectivity index (χ2n) is 4.70. The van der Waals surface area contributed by atoms with E-state index in [0.29, 0.717) is 11.1 Å². The largest absolute Gasteiger partial charge is 0.504 e. The van der Waals surface area contributed by atoms with Crippen molar-refractivity contribution in [1.82, 2.24) is 0 Å². The first kappa shape index (κ1) is 15.9. The predicted octanol–water partition coefficient (Wildman–Crippen LogP) is 4.29. The first-order valence-electron chi connectivity index (χ1n) is 6.33. The molecule has 0 unspecified atom stereocenters. The minimum absolute atomic E-state index is 0.139. The lowest BCUT2D eigenvalue weighted by Crippen LogP contribution is -2.04. The summed E-state index contributed by atoms with van der Waals surface area (Å²) in [5.41, 5.74) is 0.261. The Labute approximate surface area is 125 Å². The van der Waals surface area contributed by atoms with Crippen molar-refractivity contribution in [1.29, 1.82) is 0 Å². The number of carbonyl (C=O) groups is 1. The zero-order chi connectivity index (χ0) is 16.5. The van der Waals surface area contributed by atoms with E-state index in [0.717, 1.165) is 12.1 Å². The van der Waals surface area contributed by atoms with Crippen molar-refractivity contribution in [3.05, 3.63) is 47.5 Å². The second kappa shape index (κ2) is 5.71. The summed E-state index contributed by atoms with van der Waals surface area (Å²) in [5, 5.41) is 9.74. The Bertz CT molecular complexity index is 704. The van der Waals surface area contributed by atoms with E-state index < -0.39 is 11.7 Å². The van der Waals surface area contributed by atoms with Gasteiger partial charge < -0.3 is 9.84 Å². The fourth-order valence-electron chi connectivity index (χ4n) is 2.10. The molecule has 0 saturated carbocycles. The van der Waals surface area contributed by atoms with E-state index in [9.17, 15) is 23.1 Å². The number of hydrogen-bond acceptors (Lipinski definition) is 3. The molecule has 6 heteroatoms. The van der Waals surface area contributed by atoms with E-state index >= 15 is 0 Å². The van der Waals surface area contributed by atoms with Crippen molar-refractivity contribution in [2.45, 2.75) is 13.1 Å². The van der Waals surface area contributed by atoms with Gasteiger partial charge in [0.25, 0.3) is 0 Å². The van der Waals surface area contributed by atoms with Crippen molar-refractivity contribution in [3.63, 3.8) is 0 Å². The van der Waals surface area contributed by atoms with Gasteiger partial charge in [0.1, 0.15) is 0 Å². The highest BCUT2D eigenvalue weighted by molar-refractivity contribution is 6.01. The third-order valence-corrected chi connectivity index (χ3v) is 3.22. The highest BCUT2D eigenvalue weighted by Crippen LogP contribution is 2.36. The molecule has 0 aliphatic rings. The molecule has 2 aromatic carbocycles. The number of aromatic hydroxyl groups is 1. The number of hydrogen-bond donors (Lipinski definition) is 1. The molecule has 0 bridgehead atoms. The molecule has 0 aliphatic carbocycles. The Kier molecular flexibility index (Phi) is 4.12. The Morgan fingerprint density at radius 3 is 2.18 bits per heavy atom. The van der Waals surface area contributed by atoms with Crippen LogP contribution in [0.2, 0.25) is 0 Å². The summed E-state index contributed by atoms with van der Waals surface area (Å²) in [6.45, 7) is 1.31. The highest BCUT2D eigenvalue weighted by atomic mass is 19.4. The van der Waals surface area contributed by atoms with Crippen LogP contribution in [-0.4, -0.2) is 18.0 Å². The first-order chi connectivity index (χ1) is 10.2. The summed E-state index contributed by atoms with van der Waals surface area (Å²) in [4.78, 5) is 11.7. The number of carbonyl (C=O) groups excluding carboxylic acids is 1. The Morgan fingerprint density at radius 1 is 1.14 bits per heavy atom. The maximum absolute atomic E-state index is 12.6. The zero-order valence-corrected chi connectivity index (χ0v) is 11.9. The maximum atomic E-state index is 12.6. The number of methoxy groups -OCH3 is 1. The molecule has 0 aromatic heterocycles. The predicted molar refractivity (Wildman–Crippen MR) is 75.1 cm³/mol. The Hall–Kier alpha value is -2.50. The highest BCUT2D eigenvalue weighted by Gasteiger charge is 2.30. The third kappa shape index (κ3) is 3.05. The standard InChI is InChI=1S/C16H13F3O3/c1-9(20)12-7-14(21)15(22-2)8-13(12)10-3-5-11(6-4-10)16(17,18)19/h3-8,21H,1-2H3. The summed E-state index contributed by atoms with van der Waals surface area (Å²) in [5.74, 6) is -0.379. The number of rotatable bonds is 3. The van der Waals surface area contributed by atoms with Gasteiger partial charge in [0.2, 0.25) is 0 Å². The SMILES string of the molecule is COc1cc(-c2ccc(C(F)(F)F)cc2)c(C(C)=O)cc1O. The number of alkyl halides is 3. The van der Waals surface area contributed by atoms with Crippen LogP contribution in [0.15, 0.2) is 36.4 Å². The van der Waals surface area contributed by atoms with Crippen molar-refractivity contribution in [3.8, 4) is 22.6 Å². The van der Waals surface area contributed by atoms with Crippen LogP contribution in [0.25, 0.3) is 11.1 Å². The van der Waals surface area contributed by atoms with E-state index in [4.69, 9.17) is 4.74 Å². The fraction of sp³-hybridized carbons (Fsp3) is 0.188. The number of benzene rings is 2. The van der Waals surface area contributed by atoms with Crippen LogP contribution in [0.5, 0.6) is 11.5 Å². The van der Waals surface area contributed by atoms with E-state index in [-0.39, 0.29) is 22.8 Å². The molecular weight excluding hydrogens is 297 g/mol. The minimum Gasteiger partial charge on any atom is -0.504 e. The van der Waals surface area contributed by atoms with Gasteiger partial charge in [0, 0.05) is 5.56 Å². The third-order valence-electron chi connectivity index (χ3n) is 3.22. The lowest BCUT2D eigenvalue weighted by atomic mass is 9.96. The van der Waals surface area contributed by atoms with Gasteiger partial charge in [-0.3, -0.25) is 4.79 Å². The Morgan fingerprint density at radius 2 is 1.73 bits per heavy atom. The number of Topliss-reactive ketones (excluding diaryl/α,β-unsaturated/α-hetero) is 1. The molecule has 0 fully saturated rings. The summed E-state index contributed by atoms with van der Waals surface area (Å²) >= 11 is 0. The second-order valence-corrected chi connectivity index (χ2v) is 4.70. The summed E-state index contributed by atoms with van der Waals surface area (Å²) in [6.07, 6.45) is -4.42. The molecule has 0 aliphatic heterocycles. The lowest BCUT2D eigenvalue weighted by Gasteiger charge is -2.13. The molecule has 2 rings (SSSR count). The fourth-order valence-corrected chi connectivity index (χ4v) is 2.10. The normalized spacial score (nSPS) is 11.3. The maximum Gasteiger partial charge on any atom is 0.416 e. The molecule has 1 N–H and O–H groups in total. The minimum atomic E-state index is -4.42. The van der Waals surface area contributed by atoms with Gasteiger partial charge in [-0.25, -0.2) is 0 Å². The number of ether oxygens (including phenoxy) is 1. The van der Waals surface area contributed by atoms with Crippen LogP contribution in [0, 0.1) is 0 Å². The molecule has 0 saturated heterocycles. The zero-order valence-electron chi connectivity index (χ0n) is 11.9. The number of ketones is 1. The molecule has 0 heterocycles. The quantitative estimate of drug-likeness (QED) is 0.860. The topological polar surface area (TPSA) is 46.5 Å². The van der Waals surface area contributed by atoms with Gasteiger partial charge in [-0.2, -0.15) is 13.2 Å². The molecule has 2 aromatic rings. The van der Waals surface area contributed by atoms with Crippen molar-refractivity contribution >= 4 is 5.78 Å². The van der Waals surface area contributed by atoms with Crippen LogP contribution in [0.1, 0.15) is 22.8 Å². The molecule has 0 radical (unpaired) electrons. The summed E-state index contributed by atoms with van der Waals surface area (Å²) < 4.78 is 42.8.